The van der Waals surface area contributed by atoms with Crippen LogP contribution in [-0.2, 0) is 0 Å². The summed E-state index contributed by atoms with van der Waals surface area (Å²) in [7, 11) is 2.21. The molecular formula is C12H28N2. The van der Waals surface area contributed by atoms with Gasteiger partial charge in [-0.2, -0.15) is 0 Å². The zero-order chi connectivity index (χ0) is 11.2. The molecule has 14 heavy (non-hydrogen) atoms. The van der Waals surface area contributed by atoms with Crippen LogP contribution < -0.4 is 5.32 Å². The first-order chi connectivity index (χ1) is 6.31. The second kappa shape index (κ2) is 6.41. The van der Waals surface area contributed by atoms with E-state index in [1.165, 1.54) is 19.5 Å². The second-order valence-corrected chi connectivity index (χ2v) is 5.76. The van der Waals surface area contributed by atoms with E-state index in [9.17, 15) is 0 Å². The summed E-state index contributed by atoms with van der Waals surface area (Å²) < 4.78 is 0. The third-order valence-corrected chi connectivity index (χ3v) is 2.01. The summed E-state index contributed by atoms with van der Waals surface area (Å²) in [6.45, 7) is 14.7. The molecule has 0 saturated carbocycles. The number of nitrogens with zero attached hydrogens (tertiary/aromatic N) is 1. The van der Waals surface area contributed by atoms with Crippen LogP contribution in [0.3, 0.4) is 0 Å². The molecule has 0 heterocycles. The lowest BCUT2D eigenvalue weighted by atomic mass is 9.96. The van der Waals surface area contributed by atoms with Crippen LogP contribution in [0.15, 0.2) is 0 Å². The molecule has 0 aliphatic heterocycles. The van der Waals surface area contributed by atoms with Crippen molar-refractivity contribution in [3.63, 3.8) is 0 Å². The van der Waals surface area contributed by atoms with Crippen molar-refractivity contribution < 1.29 is 0 Å². The molecule has 86 valence electrons. The quantitative estimate of drug-likeness (QED) is 0.662. The molecule has 0 aromatic carbocycles. The highest BCUT2D eigenvalue weighted by molar-refractivity contribution is 4.66. The summed E-state index contributed by atoms with van der Waals surface area (Å²) in [6, 6.07) is 0.614. The van der Waals surface area contributed by atoms with E-state index in [1.807, 2.05) is 0 Å². The maximum atomic E-state index is 3.44. The summed E-state index contributed by atoms with van der Waals surface area (Å²) in [4.78, 5) is 2.42. The standard InChI is InChI=1S/C12H28N2/c1-11(2)13-8-7-9-14(6)10-12(3,4)5/h11,13H,7-10H2,1-6H3. The monoisotopic (exact) mass is 200 g/mol. The first kappa shape index (κ1) is 13.9. The molecule has 0 aromatic heterocycles. The van der Waals surface area contributed by atoms with Gasteiger partial charge in [-0.05, 0) is 32.0 Å². The Morgan fingerprint density at radius 1 is 1.21 bits per heavy atom. The molecule has 0 fully saturated rings. The van der Waals surface area contributed by atoms with Gasteiger partial charge in [0.05, 0.1) is 0 Å². The van der Waals surface area contributed by atoms with Crippen molar-refractivity contribution >= 4 is 0 Å². The van der Waals surface area contributed by atoms with Crippen LogP contribution in [0.1, 0.15) is 41.0 Å². The van der Waals surface area contributed by atoms with E-state index in [2.05, 4.69) is 51.9 Å². The Kier molecular flexibility index (Phi) is 6.38. The van der Waals surface area contributed by atoms with E-state index in [0.29, 0.717) is 11.5 Å². The van der Waals surface area contributed by atoms with E-state index in [0.717, 1.165) is 6.54 Å². The van der Waals surface area contributed by atoms with Crippen molar-refractivity contribution in [2.24, 2.45) is 5.41 Å². The van der Waals surface area contributed by atoms with Crippen molar-refractivity contribution in [3.05, 3.63) is 0 Å². The fourth-order valence-corrected chi connectivity index (χ4v) is 1.63. The van der Waals surface area contributed by atoms with Gasteiger partial charge >= 0.3 is 0 Å². The van der Waals surface area contributed by atoms with Gasteiger partial charge in [0.15, 0.2) is 0 Å². The van der Waals surface area contributed by atoms with Crippen LogP contribution in [0, 0.1) is 5.41 Å². The summed E-state index contributed by atoms with van der Waals surface area (Å²) in [5.41, 5.74) is 0.417. The van der Waals surface area contributed by atoms with Crippen molar-refractivity contribution in [1.29, 1.82) is 0 Å². The third kappa shape index (κ3) is 10.0. The molecule has 0 amide bonds. The van der Waals surface area contributed by atoms with Crippen molar-refractivity contribution in [3.8, 4) is 0 Å². The van der Waals surface area contributed by atoms with E-state index >= 15 is 0 Å². The Morgan fingerprint density at radius 3 is 2.21 bits per heavy atom. The Bertz CT molecular complexity index is 136. The number of rotatable bonds is 6. The number of hydrogen-bond donors (Lipinski definition) is 1. The SMILES string of the molecule is CC(C)NCCCN(C)CC(C)(C)C. The molecule has 2 nitrogen and oxygen atoms in total. The molecular weight excluding hydrogens is 172 g/mol. The molecule has 0 atom stereocenters. The summed E-state index contributed by atoms with van der Waals surface area (Å²) in [5, 5.41) is 3.44. The second-order valence-electron chi connectivity index (χ2n) is 5.76. The van der Waals surface area contributed by atoms with Crippen LogP contribution in [0.2, 0.25) is 0 Å². The highest BCUT2D eigenvalue weighted by Gasteiger charge is 2.12. The molecule has 0 bridgehead atoms. The van der Waals surface area contributed by atoms with E-state index in [4.69, 9.17) is 0 Å². The predicted molar refractivity (Wildman–Crippen MR) is 64.7 cm³/mol. The van der Waals surface area contributed by atoms with Gasteiger partial charge in [0.1, 0.15) is 0 Å². The third-order valence-electron chi connectivity index (χ3n) is 2.01. The summed E-state index contributed by atoms with van der Waals surface area (Å²) in [5.74, 6) is 0. The van der Waals surface area contributed by atoms with Gasteiger partial charge in [-0.25, -0.2) is 0 Å². The molecule has 0 rings (SSSR count). The van der Waals surface area contributed by atoms with Gasteiger partial charge in [-0.1, -0.05) is 34.6 Å². The molecule has 0 saturated heterocycles. The van der Waals surface area contributed by atoms with E-state index < -0.39 is 0 Å². The smallest absolute Gasteiger partial charge is 0.00270 e. The fourth-order valence-electron chi connectivity index (χ4n) is 1.63. The zero-order valence-electron chi connectivity index (χ0n) is 10.9. The molecule has 0 aliphatic rings. The molecule has 0 radical (unpaired) electrons. The lowest BCUT2D eigenvalue weighted by molar-refractivity contribution is 0.224. The topological polar surface area (TPSA) is 15.3 Å². The minimum atomic E-state index is 0.417. The molecule has 0 aromatic rings. The molecule has 0 unspecified atom stereocenters. The minimum Gasteiger partial charge on any atom is -0.314 e. The van der Waals surface area contributed by atoms with Gasteiger partial charge < -0.3 is 10.2 Å². The molecule has 1 N–H and O–H groups in total. The molecule has 0 spiro atoms. The highest BCUT2D eigenvalue weighted by atomic mass is 15.1. The normalized spacial score (nSPS) is 12.9. The van der Waals surface area contributed by atoms with Crippen LogP contribution >= 0.6 is 0 Å². The van der Waals surface area contributed by atoms with E-state index in [-0.39, 0.29) is 0 Å². The van der Waals surface area contributed by atoms with Crippen LogP contribution in [0.25, 0.3) is 0 Å². The van der Waals surface area contributed by atoms with Crippen molar-refractivity contribution in [2.45, 2.75) is 47.1 Å². The van der Waals surface area contributed by atoms with Crippen LogP contribution in [0.5, 0.6) is 0 Å². The first-order valence-corrected chi connectivity index (χ1v) is 5.73. The van der Waals surface area contributed by atoms with Crippen molar-refractivity contribution in [2.75, 3.05) is 26.7 Å². The van der Waals surface area contributed by atoms with Gasteiger partial charge in [0.25, 0.3) is 0 Å². The Labute approximate surface area is 90.1 Å². The lowest BCUT2D eigenvalue weighted by Crippen LogP contribution is -2.32. The van der Waals surface area contributed by atoms with Gasteiger partial charge in [-0.3, -0.25) is 0 Å². The maximum absolute atomic E-state index is 3.44. The average Bonchev–Trinajstić information content (AvgIpc) is 1.94. The van der Waals surface area contributed by atoms with E-state index in [1.54, 1.807) is 0 Å². The highest BCUT2D eigenvalue weighted by Crippen LogP contribution is 2.13. The van der Waals surface area contributed by atoms with Gasteiger partial charge in [0.2, 0.25) is 0 Å². The maximum Gasteiger partial charge on any atom is 0.00270 e. The first-order valence-electron chi connectivity index (χ1n) is 5.73. The fraction of sp³-hybridized carbons (Fsp3) is 1.00. The van der Waals surface area contributed by atoms with Gasteiger partial charge in [-0.15, -0.1) is 0 Å². The summed E-state index contributed by atoms with van der Waals surface area (Å²) >= 11 is 0. The summed E-state index contributed by atoms with van der Waals surface area (Å²) in [6.07, 6.45) is 1.24. The van der Waals surface area contributed by atoms with Crippen molar-refractivity contribution in [1.82, 2.24) is 10.2 Å². The zero-order valence-corrected chi connectivity index (χ0v) is 10.9. The number of hydrogen-bond acceptors (Lipinski definition) is 2. The largest absolute Gasteiger partial charge is 0.314 e. The predicted octanol–water partition coefficient (Wildman–Crippen LogP) is 2.35. The minimum absolute atomic E-state index is 0.417. The average molecular weight is 200 g/mol. The molecule has 0 aliphatic carbocycles. The van der Waals surface area contributed by atoms with Crippen LogP contribution in [0.4, 0.5) is 0 Å². The van der Waals surface area contributed by atoms with Gasteiger partial charge in [0, 0.05) is 12.6 Å². The Hall–Kier alpha value is -0.0800. The Morgan fingerprint density at radius 2 is 1.79 bits per heavy atom. The molecule has 2 heteroatoms. The van der Waals surface area contributed by atoms with Crippen LogP contribution in [-0.4, -0.2) is 37.6 Å². The lowest BCUT2D eigenvalue weighted by Gasteiger charge is -2.26. The number of nitrogens with one attached hydrogen (secondary N) is 1. The Balaban J connectivity index is 3.40.